The van der Waals surface area contributed by atoms with Crippen molar-refractivity contribution >= 4 is 34.2 Å². The highest BCUT2D eigenvalue weighted by Gasteiger charge is 2.35. The summed E-state index contributed by atoms with van der Waals surface area (Å²) >= 11 is 2.20. The van der Waals surface area contributed by atoms with Gasteiger partial charge in [0.2, 0.25) is 0 Å². The van der Waals surface area contributed by atoms with Crippen LogP contribution in [-0.2, 0) is 12.8 Å². The van der Waals surface area contributed by atoms with E-state index in [4.69, 9.17) is 0 Å². The highest BCUT2D eigenvalue weighted by atomic mass is 127. The fraction of sp³-hybridized carbons (Fsp3) is 0.321. The molecule has 0 bridgehead atoms. The molecule has 1 amide bonds. The van der Waals surface area contributed by atoms with E-state index in [1.165, 1.54) is 5.56 Å². The minimum atomic E-state index is -0.383. The number of carbonyl (C=O) groups excluding carboxylic acids is 1. The molecule has 0 aromatic heterocycles. The van der Waals surface area contributed by atoms with Crippen molar-refractivity contribution in [1.29, 1.82) is 0 Å². The van der Waals surface area contributed by atoms with Gasteiger partial charge in [0.1, 0.15) is 0 Å². The number of aliphatic hydroxyl groups excluding tert-OH is 1. The van der Waals surface area contributed by atoms with Crippen molar-refractivity contribution in [2.75, 3.05) is 18.4 Å². The molecule has 0 spiro atoms. The molecule has 1 aliphatic heterocycles. The van der Waals surface area contributed by atoms with Crippen LogP contribution in [0.4, 0.5) is 5.69 Å². The van der Waals surface area contributed by atoms with Crippen LogP contribution in [0.25, 0.3) is 0 Å². The molecule has 1 saturated heterocycles. The van der Waals surface area contributed by atoms with Crippen LogP contribution in [0, 0.1) is 3.57 Å². The minimum Gasteiger partial charge on any atom is -0.391 e. The van der Waals surface area contributed by atoms with Crippen molar-refractivity contribution in [3.05, 3.63) is 98.6 Å². The van der Waals surface area contributed by atoms with Gasteiger partial charge in [-0.05, 0) is 95.8 Å². The van der Waals surface area contributed by atoms with Crippen LogP contribution in [-0.4, -0.2) is 41.1 Å². The zero-order valence-electron chi connectivity index (χ0n) is 18.6. The Bertz CT molecular complexity index is 1130. The summed E-state index contributed by atoms with van der Waals surface area (Å²) in [5.41, 5.74) is 5.28. The van der Waals surface area contributed by atoms with Gasteiger partial charge in [0.05, 0.1) is 11.7 Å². The summed E-state index contributed by atoms with van der Waals surface area (Å²) in [5, 5.41) is 14.2. The largest absolute Gasteiger partial charge is 0.391 e. The van der Waals surface area contributed by atoms with E-state index in [-0.39, 0.29) is 18.1 Å². The highest BCUT2D eigenvalue weighted by molar-refractivity contribution is 14.1. The lowest BCUT2D eigenvalue weighted by Gasteiger charge is -2.42. The summed E-state index contributed by atoms with van der Waals surface area (Å²) in [4.78, 5) is 15.4. The van der Waals surface area contributed by atoms with Crippen molar-refractivity contribution in [3.8, 4) is 0 Å². The van der Waals surface area contributed by atoms with E-state index in [0.29, 0.717) is 17.9 Å². The van der Waals surface area contributed by atoms with Crippen LogP contribution in [0.3, 0.4) is 0 Å². The molecular weight excluding hydrogens is 523 g/mol. The lowest BCUT2D eigenvalue weighted by Crippen LogP contribution is -2.51. The maximum atomic E-state index is 13.0. The quantitative estimate of drug-likeness (QED) is 0.435. The van der Waals surface area contributed by atoms with Gasteiger partial charge < -0.3 is 10.4 Å². The van der Waals surface area contributed by atoms with Gasteiger partial charge in [0, 0.05) is 21.7 Å². The van der Waals surface area contributed by atoms with Crippen molar-refractivity contribution in [3.63, 3.8) is 0 Å². The van der Waals surface area contributed by atoms with Gasteiger partial charge >= 0.3 is 0 Å². The number of aliphatic hydroxyl groups is 1. The molecular formula is C28H29IN2O2. The number of anilines is 1. The third kappa shape index (κ3) is 4.86. The summed E-state index contributed by atoms with van der Waals surface area (Å²) in [6.07, 6.45) is 3.24. The molecule has 33 heavy (non-hydrogen) atoms. The first-order valence-electron chi connectivity index (χ1n) is 11.7. The lowest BCUT2D eigenvalue weighted by atomic mass is 9.82. The monoisotopic (exact) mass is 552 g/mol. The first-order chi connectivity index (χ1) is 16.1. The number of nitrogens with zero attached hydrogens (tertiary/aromatic N) is 1. The fourth-order valence-electron chi connectivity index (χ4n) is 5.39. The Morgan fingerprint density at radius 1 is 0.909 bits per heavy atom. The summed E-state index contributed by atoms with van der Waals surface area (Å²) < 4.78 is 0.937. The van der Waals surface area contributed by atoms with Gasteiger partial charge in [0.25, 0.3) is 5.91 Å². The van der Waals surface area contributed by atoms with Crippen molar-refractivity contribution < 1.29 is 9.90 Å². The second-order valence-electron chi connectivity index (χ2n) is 9.14. The van der Waals surface area contributed by atoms with Gasteiger partial charge in [-0.25, -0.2) is 0 Å². The number of likely N-dealkylation sites (tertiary alicyclic amines) is 1. The fourth-order valence-corrected chi connectivity index (χ4v) is 6.02. The molecule has 3 aromatic carbocycles. The minimum absolute atomic E-state index is 0.0836. The highest BCUT2D eigenvalue weighted by Crippen LogP contribution is 2.34. The Labute approximate surface area is 209 Å². The third-order valence-corrected chi connectivity index (χ3v) is 8.14. The predicted octanol–water partition coefficient (Wildman–Crippen LogP) is 5.25. The van der Waals surface area contributed by atoms with Crippen LogP contribution < -0.4 is 5.32 Å². The number of nitrogens with one attached hydrogen (secondary N) is 1. The number of piperidine rings is 1. The maximum absolute atomic E-state index is 13.0. The van der Waals surface area contributed by atoms with Gasteiger partial charge in [-0.2, -0.15) is 0 Å². The van der Waals surface area contributed by atoms with Crippen molar-refractivity contribution in [2.45, 2.75) is 43.7 Å². The predicted molar refractivity (Wildman–Crippen MR) is 141 cm³/mol. The van der Waals surface area contributed by atoms with E-state index in [2.05, 4.69) is 69.2 Å². The first kappa shape index (κ1) is 22.6. The van der Waals surface area contributed by atoms with Crippen molar-refractivity contribution in [1.82, 2.24) is 4.90 Å². The number of benzene rings is 3. The molecule has 1 aliphatic carbocycles. The van der Waals surface area contributed by atoms with Crippen molar-refractivity contribution in [2.24, 2.45) is 0 Å². The van der Waals surface area contributed by atoms with Gasteiger partial charge in [0.15, 0.2) is 0 Å². The molecule has 170 valence electrons. The number of fused-ring (bicyclic) bond motifs is 1. The number of halogens is 1. The number of carbonyl (C=O) groups is 1. The molecule has 2 atom stereocenters. The molecule has 2 aliphatic rings. The Balaban J connectivity index is 1.31. The zero-order chi connectivity index (χ0) is 22.8. The Kier molecular flexibility index (Phi) is 6.81. The molecule has 5 rings (SSSR count). The Morgan fingerprint density at radius 2 is 1.64 bits per heavy atom. The molecule has 1 fully saturated rings. The summed E-state index contributed by atoms with van der Waals surface area (Å²) in [6.45, 7) is 1.99. The van der Waals surface area contributed by atoms with E-state index in [1.807, 2.05) is 36.4 Å². The van der Waals surface area contributed by atoms with E-state index in [9.17, 15) is 9.90 Å². The van der Waals surface area contributed by atoms with Gasteiger partial charge in [-0.1, -0.05) is 54.6 Å². The second-order valence-corrected chi connectivity index (χ2v) is 10.3. The van der Waals surface area contributed by atoms with E-state index in [1.54, 1.807) is 0 Å². The molecule has 5 heteroatoms. The third-order valence-electron chi connectivity index (χ3n) is 7.20. The van der Waals surface area contributed by atoms with Crippen LogP contribution >= 0.6 is 22.6 Å². The van der Waals surface area contributed by atoms with Crippen LogP contribution in [0.5, 0.6) is 0 Å². The lowest BCUT2D eigenvalue weighted by molar-refractivity contribution is 0.0296. The molecule has 2 unspecified atom stereocenters. The normalized spacial score (nSPS) is 21.4. The number of rotatable bonds is 4. The summed E-state index contributed by atoms with van der Waals surface area (Å²) in [6, 6.07) is 24.5. The molecule has 4 nitrogen and oxygen atoms in total. The second kappa shape index (κ2) is 9.95. The van der Waals surface area contributed by atoms with Crippen LogP contribution in [0.1, 0.15) is 45.8 Å². The standard InChI is InChI=1S/C28H29IN2O2/c29-24-11-5-4-10-22(24)28(33)30-25-12-6-9-21-17-27(32)26(18-23(21)25)31-15-13-20(14-16-31)19-7-2-1-3-8-19/h1-12,20,26-27,32H,13-18H2,(H,30,33). The van der Waals surface area contributed by atoms with E-state index >= 15 is 0 Å². The van der Waals surface area contributed by atoms with Crippen LogP contribution in [0.15, 0.2) is 72.8 Å². The van der Waals surface area contributed by atoms with E-state index in [0.717, 1.165) is 52.7 Å². The topological polar surface area (TPSA) is 52.6 Å². The number of hydrogen-bond acceptors (Lipinski definition) is 3. The van der Waals surface area contributed by atoms with Gasteiger partial charge in [-0.3, -0.25) is 9.69 Å². The average molecular weight is 552 g/mol. The van der Waals surface area contributed by atoms with E-state index < -0.39 is 0 Å². The van der Waals surface area contributed by atoms with Crippen LogP contribution in [0.2, 0.25) is 0 Å². The molecule has 1 heterocycles. The number of hydrogen-bond donors (Lipinski definition) is 2. The average Bonchev–Trinajstić information content (AvgIpc) is 2.85. The Morgan fingerprint density at radius 3 is 2.39 bits per heavy atom. The van der Waals surface area contributed by atoms with Gasteiger partial charge in [-0.15, -0.1) is 0 Å². The first-order valence-corrected chi connectivity index (χ1v) is 12.8. The SMILES string of the molecule is O=C(Nc1cccc2c1CC(N1CCC(c3ccccc3)CC1)C(O)C2)c1ccccc1I. The number of amides is 1. The molecule has 0 saturated carbocycles. The summed E-state index contributed by atoms with van der Waals surface area (Å²) in [5.74, 6) is 0.512. The summed E-state index contributed by atoms with van der Waals surface area (Å²) in [7, 11) is 0. The smallest absolute Gasteiger partial charge is 0.256 e. The maximum Gasteiger partial charge on any atom is 0.256 e. The molecule has 2 N–H and O–H groups in total. The zero-order valence-corrected chi connectivity index (χ0v) is 20.7. The Hall–Kier alpha value is -2.22. The molecule has 0 radical (unpaired) electrons. The molecule has 3 aromatic rings.